The lowest BCUT2D eigenvalue weighted by Crippen LogP contribution is -2.38. The molecule has 0 radical (unpaired) electrons. The predicted octanol–water partition coefficient (Wildman–Crippen LogP) is 2.21. The van der Waals surface area contributed by atoms with E-state index in [9.17, 15) is 9.90 Å². The fourth-order valence-corrected chi connectivity index (χ4v) is 3.19. The van der Waals surface area contributed by atoms with Crippen LogP contribution in [0.2, 0.25) is 0 Å². The van der Waals surface area contributed by atoms with Crippen LogP contribution in [0.5, 0.6) is 0 Å². The molecule has 0 unspecified atom stereocenters. The van der Waals surface area contributed by atoms with Crippen LogP contribution < -0.4 is 5.32 Å². The van der Waals surface area contributed by atoms with Crippen molar-refractivity contribution in [2.75, 3.05) is 19.8 Å². The van der Waals surface area contributed by atoms with Crippen molar-refractivity contribution in [2.45, 2.75) is 18.9 Å². The zero-order valence-corrected chi connectivity index (χ0v) is 13.9. The van der Waals surface area contributed by atoms with Crippen LogP contribution in [0.25, 0.3) is 11.3 Å². The van der Waals surface area contributed by atoms with Gasteiger partial charge in [0.1, 0.15) is 5.69 Å². The molecule has 1 saturated heterocycles. The number of carbonyl (C=O) groups is 1. The Kier molecular flexibility index (Phi) is 5.33. The molecular weight excluding hydrogens is 304 g/mol. The molecule has 3 rings (SSSR count). The van der Waals surface area contributed by atoms with Gasteiger partial charge in [-0.3, -0.25) is 4.79 Å². The van der Waals surface area contributed by atoms with Gasteiger partial charge in [-0.05, 0) is 36.5 Å². The number of nitrogens with one attached hydrogen (secondary N) is 1. The lowest BCUT2D eigenvalue weighted by molar-refractivity contribution is 0.00870. The second-order valence-corrected chi connectivity index (χ2v) is 6.26. The highest BCUT2D eigenvalue weighted by Gasteiger charge is 2.23. The minimum Gasteiger partial charge on any atom is -0.391 e. The number of hydrogen-bond acceptors (Lipinski definition) is 3. The standard InChI is InChI=1S/C19H24N2O3/c1-21-16(14-5-3-2-4-6-14)7-8-17(21)19(23)20-13-18(22)15-9-11-24-12-10-15/h2-8,15,18,22H,9-13H2,1H3,(H,20,23)/t18-/m1/s1. The summed E-state index contributed by atoms with van der Waals surface area (Å²) >= 11 is 0. The van der Waals surface area contributed by atoms with Gasteiger partial charge >= 0.3 is 0 Å². The summed E-state index contributed by atoms with van der Waals surface area (Å²) in [5.74, 6) is 0.0399. The highest BCUT2D eigenvalue weighted by Crippen LogP contribution is 2.21. The summed E-state index contributed by atoms with van der Waals surface area (Å²) in [5, 5.41) is 13.1. The molecule has 1 fully saturated rings. The molecule has 0 bridgehead atoms. The van der Waals surface area contributed by atoms with E-state index in [1.54, 1.807) is 0 Å². The first-order valence-corrected chi connectivity index (χ1v) is 8.42. The quantitative estimate of drug-likeness (QED) is 0.884. The molecule has 1 aromatic heterocycles. The van der Waals surface area contributed by atoms with E-state index in [0.29, 0.717) is 18.9 Å². The van der Waals surface area contributed by atoms with Gasteiger partial charge in [-0.2, -0.15) is 0 Å². The Morgan fingerprint density at radius 3 is 2.67 bits per heavy atom. The molecule has 2 N–H and O–H groups in total. The van der Waals surface area contributed by atoms with E-state index in [1.807, 2.05) is 54.1 Å². The van der Waals surface area contributed by atoms with E-state index in [0.717, 1.165) is 24.1 Å². The maximum atomic E-state index is 12.4. The first kappa shape index (κ1) is 16.7. The molecule has 0 aliphatic carbocycles. The van der Waals surface area contributed by atoms with Crippen molar-refractivity contribution in [3.8, 4) is 11.3 Å². The van der Waals surface area contributed by atoms with Crippen molar-refractivity contribution in [1.82, 2.24) is 9.88 Å². The van der Waals surface area contributed by atoms with Crippen LogP contribution in [0.15, 0.2) is 42.5 Å². The second kappa shape index (κ2) is 7.64. The van der Waals surface area contributed by atoms with Crippen molar-refractivity contribution in [3.63, 3.8) is 0 Å². The summed E-state index contributed by atoms with van der Waals surface area (Å²) in [6, 6.07) is 13.7. The van der Waals surface area contributed by atoms with Gasteiger partial charge in [0.2, 0.25) is 0 Å². The maximum absolute atomic E-state index is 12.4. The molecule has 24 heavy (non-hydrogen) atoms. The van der Waals surface area contributed by atoms with E-state index in [1.165, 1.54) is 0 Å². The fraction of sp³-hybridized carbons (Fsp3) is 0.421. The summed E-state index contributed by atoms with van der Waals surface area (Å²) in [5.41, 5.74) is 2.65. The summed E-state index contributed by atoms with van der Waals surface area (Å²) in [7, 11) is 1.88. The Hall–Kier alpha value is -2.11. The molecule has 1 aliphatic rings. The third-order valence-corrected chi connectivity index (χ3v) is 4.71. The summed E-state index contributed by atoms with van der Waals surface area (Å²) in [4.78, 5) is 12.4. The Labute approximate surface area is 142 Å². The zero-order chi connectivity index (χ0) is 16.9. The van der Waals surface area contributed by atoms with Crippen LogP contribution in [-0.2, 0) is 11.8 Å². The maximum Gasteiger partial charge on any atom is 0.268 e. The van der Waals surface area contributed by atoms with Crippen LogP contribution in [0.3, 0.4) is 0 Å². The minimum atomic E-state index is -0.522. The molecular formula is C19H24N2O3. The Morgan fingerprint density at radius 1 is 1.25 bits per heavy atom. The van der Waals surface area contributed by atoms with E-state index < -0.39 is 6.10 Å². The largest absolute Gasteiger partial charge is 0.391 e. The van der Waals surface area contributed by atoms with Crippen LogP contribution in [-0.4, -0.2) is 41.4 Å². The number of rotatable bonds is 5. The molecule has 2 aromatic rings. The minimum absolute atomic E-state index is 0.161. The number of aromatic nitrogens is 1. The average Bonchev–Trinajstić information content (AvgIpc) is 3.02. The number of aliphatic hydroxyl groups excluding tert-OH is 1. The normalized spacial score (nSPS) is 16.8. The van der Waals surface area contributed by atoms with Crippen molar-refractivity contribution >= 4 is 5.91 Å². The van der Waals surface area contributed by atoms with Gasteiger partial charge in [-0.15, -0.1) is 0 Å². The molecule has 2 heterocycles. The van der Waals surface area contributed by atoms with Crippen LogP contribution in [0.4, 0.5) is 0 Å². The first-order valence-electron chi connectivity index (χ1n) is 8.42. The van der Waals surface area contributed by atoms with Gasteiger partial charge in [-0.25, -0.2) is 0 Å². The van der Waals surface area contributed by atoms with E-state index in [4.69, 9.17) is 4.74 Å². The molecule has 5 nitrogen and oxygen atoms in total. The van der Waals surface area contributed by atoms with Crippen molar-refractivity contribution in [2.24, 2.45) is 13.0 Å². The van der Waals surface area contributed by atoms with Crippen LogP contribution >= 0.6 is 0 Å². The Morgan fingerprint density at radius 2 is 1.96 bits per heavy atom. The number of carbonyl (C=O) groups excluding carboxylic acids is 1. The summed E-state index contributed by atoms with van der Waals surface area (Å²) in [6.45, 7) is 1.65. The molecule has 1 aliphatic heterocycles. The highest BCUT2D eigenvalue weighted by molar-refractivity contribution is 5.93. The van der Waals surface area contributed by atoms with E-state index in [-0.39, 0.29) is 18.4 Å². The number of hydrogen-bond donors (Lipinski definition) is 2. The van der Waals surface area contributed by atoms with Gasteiger partial charge in [0, 0.05) is 32.5 Å². The molecule has 1 amide bonds. The lowest BCUT2D eigenvalue weighted by atomic mass is 9.94. The van der Waals surface area contributed by atoms with E-state index in [2.05, 4.69) is 5.32 Å². The molecule has 0 saturated carbocycles. The number of aliphatic hydroxyl groups is 1. The fourth-order valence-electron chi connectivity index (χ4n) is 3.19. The van der Waals surface area contributed by atoms with Gasteiger partial charge in [0.05, 0.1) is 6.10 Å². The van der Waals surface area contributed by atoms with Gasteiger partial charge in [-0.1, -0.05) is 30.3 Å². The van der Waals surface area contributed by atoms with Crippen molar-refractivity contribution < 1.29 is 14.6 Å². The van der Waals surface area contributed by atoms with Crippen LogP contribution in [0.1, 0.15) is 23.3 Å². The SMILES string of the molecule is Cn1c(C(=O)NC[C@@H](O)C2CCOCC2)ccc1-c1ccccc1. The monoisotopic (exact) mass is 328 g/mol. The summed E-state index contributed by atoms with van der Waals surface area (Å²) in [6.07, 6.45) is 1.17. The molecule has 5 heteroatoms. The topological polar surface area (TPSA) is 63.5 Å². The predicted molar refractivity (Wildman–Crippen MR) is 92.7 cm³/mol. The first-order chi connectivity index (χ1) is 11.7. The van der Waals surface area contributed by atoms with Gasteiger partial charge in [0.25, 0.3) is 5.91 Å². The smallest absolute Gasteiger partial charge is 0.268 e. The van der Waals surface area contributed by atoms with Gasteiger partial charge < -0.3 is 19.7 Å². The third kappa shape index (κ3) is 3.68. The van der Waals surface area contributed by atoms with Crippen LogP contribution in [0, 0.1) is 5.92 Å². The summed E-state index contributed by atoms with van der Waals surface area (Å²) < 4.78 is 7.18. The second-order valence-electron chi connectivity index (χ2n) is 6.26. The number of amides is 1. The highest BCUT2D eigenvalue weighted by atomic mass is 16.5. The zero-order valence-electron chi connectivity index (χ0n) is 13.9. The van der Waals surface area contributed by atoms with E-state index >= 15 is 0 Å². The molecule has 1 aromatic carbocycles. The van der Waals surface area contributed by atoms with Crippen molar-refractivity contribution in [1.29, 1.82) is 0 Å². The molecule has 1 atom stereocenters. The average molecular weight is 328 g/mol. The number of ether oxygens (including phenoxy) is 1. The van der Waals surface area contributed by atoms with Crippen molar-refractivity contribution in [3.05, 3.63) is 48.2 Å². The number of benzene rings is 1. The van der Waals surface area contributed by atoms with Gasteiger partial charge in [0.15, 0.2) is 0 Å². The Balaban J connectivity index is 1.62. The number of nitrogens with zero attached hydrogens (tertiary/aromatic N) is 1. The lowest BCUT2D eigenvalue weighted by Gasteiger charge is -2.26. The molecule has 128 valence electrons. The molecule has 0 spiro atoms. The Bertz CT molecular complexity index is 675. The third-order valence-electron chi connectivity index (χ3n) is 4.71.